The standard InChI is InChI=1S/C26H16F6N4O5/c1-3-35(17-8-19-18(4-12(17)2)40-26(31,32)41-19)20(37)10-36-24(38)21-16(25(28,29)30)11-39-23(21)22(34-36)14-5-13(9-33)6-15(27)7-14/h4-8,11H,3,10H2,1-2H3. The highest BCUT2D eigenvalue weighted by molar-refractivity contribution is 5.95. The highest BCUT2D eigenvalue weighted by Crippen LogP contribution is 2.44. The Labute approximate surface area is 225 Å². The van der Waals surface area contributed by atoms with Crippen molar-refractivity contribution in [2.24, 2.45) is 0 Å². The van der Waals surface area contributed by atoms with Gasteiger partial charge in [-0.05, 0) is 43.7 Å². The summed E-state index contributed by atoms with van der Waals surface area (Å²) in [6, 6.07) is 6.94. The fraction of sp³-hybridized carbons (Fsp3) is 0.231. The monoisotopic (exact) mass is 578 g/mol. The fourth-order valence-electron chi connectivity index (χ4n) is 4.45. The van der Waals surface area contributed by atoms with Gasteiger partial charge in [-0.15, -0.1) is 8.78 Å². The molecule has 0 aliphatic carbocycles. The van der Waals surface area contributed by atoms with E-state index in [0.717, 1.165) is 29.2 Å². The number of nitrogens with zero attached hydrogens (tertiary/aromatic N) is 4. The Hall–Kier alpha value is -5.00. The van der Waals surface area contributed by atoms with Gasteiger partial charge in [-0.2, -0.15) is 23.5 Å². The van der Waals surface area contributed by atoms with Crippen molar-refractivity contribution >= 4 is 22.6 Å². The molecule has 1 amide bonds. The minimum Gasteiger partial charge on any atom is -0.461 e. The molecule has 0 atom stereocenters. The normalized spacial score (nSPS) is 13.8. The van der Waals surface area contributed by atoms with E-state index in [1.54, 1.807) is 6.07 Å². The largest absolute Gasteiger partial charge is 0.586 e. The van der Waals surface area contributed by atoms with E-state index in [4.69, 9.17) is 4.42 Å². The van der Waals surface area contributed by atoms with E-state index in [1.165, 1.54) is 19.9 Å². The third-order valence-corrected chi connectivity index (χ3v) is 6.19. The minimum atomic E-state index is -5.04. The van der Waals surface area contributed by atoms with Gasteiger partial charge in [0.25, 0.3) is 5.56 Å². The first-order chi connectivity index (χ1) is 19.2. The van der Waals surface area contributed by atoms with Crippen LogP contribution >= 0.6 is 0 Å². The van der Waals surface area contributed by atoms with Crippen LogP contribution in [0, 0.1) is 24.1 Å². The van der Waals surface area contributed by atoms with Crippen molar-refractivity contribution in [2.45, 2.75) is 32.9 Å². The number of rotatable bonds is 5. The molecule has 2 aromatic carbocycles. The molecule has 1 aliphatic heterocycles. The van der Waals surface area contributed by atoms with Crippen LogP contribution < -0.4 is 19.9 Å². The number of carbonyl (C=O) groups excluding carboxylic acids is 1. The summed E-state index contributed by atoms with van der Waals surface area (Å²) >= 11 is 0. The Kier molecular flexibility index (Phi) is 6.44. The summed E-state index contributed by atoms with van der Waals surface area (Å²) in [5, 5.41) is 12.3. The van der Waals surface area contributed by atoms with E-state index >= 15 is 0 Å². The van der Waals surface area contributed by atoms with Gasteiger partial charge in [0.1, 0.15) is 35.3 Å². The van der Waals surface area contributed by atoms with Crippen molar-refractivity contribution < 1.29 is 45.0 Å². The van der Waals surface area contributed by atoms with Gasteiger partial charge in [-0.25, -0.2) is 9.07 Å². The molecule has 41 heavy (non-hydrogen) atoms. The number of hydrogen-bond acceptors (Lipinski definition) is 7. The van der Waals surface area contributed by atoms with E-state index in [1.807, 2.05) is 0 Å². The van der Waals surface area contributed by atoms with Gasteiger partial charge in [-0.3, -0.25) is 9.59 Å². The summed E-state index contributed by atoms with van der Waals surface area (Å²) in [5.41, 5.74) is -3.77. The van der Waals surface area contributed by atoms with Crippen molar-refractivity contribution in [2.75, 3.05) is 11.4 Å². The lowest BCUT2D eigenvalue weighted by molar-refractivity contribution is -0.286. The summed E-state index contributed by atoms with van der Waals surface area (Å²) < 4.78 is 97.0. The number of alkyl halides is 5. The van der Waals surface area contributed by atoms with Crippen LogP contribution in [-0.2, 0) is 17.5 Å². The number of amides is 1. The summed E-state index contributed by atoms with van der Waals surface area (Å²) in [5.74, 6) is -2.38. The molecular weight excluding hydrogens is 562 g/mol. The quantitative estimate of drug-likeness (QED) is 0.293. The number of anilines is 1. The number of carbonyl (C=O) groups is 1. The topological polar surface area (TPSA) is 111 Å². The molecule has 0 saturated heterocycles. The average Bonchev–Trinajstić information content (AvgIpc) is 3.46. The second-order valence-electron chi connectivity index (χ2n) is 8.89. The number of hydrogen-bond donors (Lipinski definition) is 0. The third kappa shape index (κ3) is 4.92. The van der Waals surface area contributed by atoms with E-state index in [9.17, 15) is 41.2 Å². The zero-order valence-corrected chi connectivity index (χ0v) is 21.0. The molecule has 0 saturated carbocycles. The number of furan rings is 1. The van der Waals surface area contributed by atoms with Crippen LogP contribution in [0.3, 0.4) is 0 Å². The minimum absolute atomic E-state index is 0.0471. The van der Waals surface area contributed by atoms with Crippen LogP contribution in [0.1, 0.15) is 23.6 Å². The Morgan fingerprint density at radius 1 is 1.15 bits per heavy atom. The molecule has 0 radical (unpaired) electrons. The molecule has 0 spiro atoms. The fourth-order valence-corrected chi connectivity index (χ4v) is 4.45. The van der Waals surface area contributed by atoms with Crippen LogP contribution in [0.25, 0.3) is 22.2 Å². The van der Waals surface area contributed by atoms with Gasteiger partial charge < -0.3 is 18.8 Å². The molecule has 2 aromatic heterocycles. The van der Waals surface area contributed by atoms with Gasteiger partial charge in [0.05, 0.1) is 17.3 Å². The number of halogens is 6. The molecule has 0 unspecified atom stereocenters. The first kappa shape index (κ1) is 27.6. The molecule has 4 aromatic rings. The predicted octanol–water partition coefficient (Wildman–Crippen LogP) is 5.37. The van der Waals surface area contributed by atoms with Gasteiger partial charge in [0.15, 0.2) is 17.1 Å². The maximum atomic E-state index is 14.2. The van der Waals surface area contributed by atoms with Gasteiger partial charge in [0, 0.05) is 18.2 Å². The molecule has 212 valence electrons. The number of fused-ring (bicyclic) bond motifs is 2. The van der Waals surface area contributed by atoms with E-state index in [2.05, 4.69) is 14.6 Å². The zero-order chi connectivity index (χ0) is 29.9. The van der Waals surface area contributed by atoms with Crippen molar-refractivity contribution in [1.29, 1.82) is 5.26 Å². The highest BCUT2D eigenvalue weighted by Gasteiger charge is 2.44. The van der Waals surface area contributed by atoms with Crippen molar-refractivity contribution in [3.8, 4) is 28.8 Å². The number of likely N-dealkylation sites (N-methyl/N-ethyl adjacent to an activating group) is 1. The Morgan fingerprint density at radius 2 is 1.83 bits per heavy atom. The second kappa shape index (κ2) is 9.58. The molecule has 9 nitrogen and oxygen atoms in total. The maximum absolute atomic E-state index is 14.2. The lowest BCUT2D eigenvalue weighted by Gasteiger charge is -2.23. The van der Waals surface area contributed by atoms with Crippen molar-refractivity contribution in [3.05, 3.63) is 69.5 Å². The van der Waals surface area contributed by atoms with Crippen LogP contribution in [0.5, 0.6) is 11.5 Å². The number of ether oxygens (including phenoxy) is 2. The number of aryl methyl sites for hydroxylation is 1. The van der Waals surface area contributed by atoms with Gasteiger partial charge in [0.2, 0.25) is 5.91 Å². The average molecular weight is 578 g/mol. The Balaban J connectivity index is 1.63. The van der Waals surface area contributed by atoms with Crippen LogP contribution in [0.2, 0.25) is 0 Å². The Bertz CT molecular complexity index is 1820. The molecule has 0 N–H and O–H groups in total. The summed E-state index contributed by atoms with van der Waals surface area (Å²) in [7, 11) is 0. The summed E-state index contributed by atoms with van der Waals surface area (Å²) in [6.45, 7) is 2.09. The molecule has 0 bridgehead atoms. The lowest BCUT2D eigenvalue weighted by atomic mass is 10.1. The molecule has 15 heteroatoms. The predicted molar refractivity (Wildman–Crippen MR) is 129 cm³/mol. The van der Waals surface area contributed by atoms with Crippen molar-refractivity contribution in [1.82, 2.24) is 9.78 Å². The first-order valence-electron chi connectivity index (χ1n) is 11.7. The van der Waals surface area contributed by atoms with Crippen LogP contribution in [-0.4, -0.2) is 28.5 Å². The molecule has 0 fully saturated rings. The smallest absolute Gasteiger partial charge is 0.461 e. The Morgan fingerprint density at radius 3 is 2.46 bits per heavy atom. The van der Waals surface area contributed by atoms with Crippen LogP contribution in [0.4, 0.5) is 32.0 Å². The third-order valence-electron chi connectivity index (χ3n) is 6.19. The molecular formula is C26H16F6N4O5. The first-order valence-corrected chi connectivity index (χ1v) is 11.7. The van der Waals surface area contributed by atoms with Crippen LogP contribution in [0.15, 0.2) is 45.8 Å². The molecule has 5 rings (SSSR count). The number of aromatic nitrogens is 2. The maximum Gasteiger partial charge on any atom is 0.586 e. The summed E-state index contributed by atoms with van der Waals surface area (Å²) in [4.78, 5) is 27.7. The molecule has 1 aliphatic rings. The number of nitriles is 1. The number of benzene rings is 2. The lowest BCUT2D eigenvalue weighted by Crippen LogP contribution is -2.38. The van der Waals surface area contributed by atoms with Crippen molar-refractivity contribution in [3.63, 3.8) is 0 Å². The van der Waals surface area contributed by atoms with E-state index in [-0.39, 0.29) is 34.9 Å². The van der Waals surface area contributed by atoms with E-state index < -0.39 is 58.5 Å². The zero-order valence-electron chi connectivity index (χ0n) is 21.0. The summed E-state index contributed by atoms with van der Waals surface area (Å²) in [6.07, 6.45) is -8.65. The van der Waals surface area contributed by atoms with Gasteiger partial charge in [-0.1, -0.05) is 0 Å². The van der Waals surface area contributed by atoms with Gasteiger partial charge >= 0.3 is 12.5 Å². The second-order valence-corrected chi connectivity index (χ2v) is 8.89. The molecule has 3 heterocycles. The SMILES string of the molecule is CCN(C(=O)Cn1nc(-c2cc(F)cc(C#N)c2)c2occ(C(F)(F)F)c2c1=O)c1cc2c(cc1C)OC(F)(F)O2. The van der Waals surface area contributed by atoms with E-state index in [0.29, 0.717) is 16.5 Å². The highest BCUT2D eigenvalue weighted by atomic mass is 19.4.